The molecule has 1 amide bonds. The minimum atomic E-state index is -2.70. The summed E-state index contributed by atoms with van der Waals surface area (Å²) < 4.78 is 15.9. The average molecular weight is 474 g/mol. The first-order valence-corrected chi connectivity index (χ1v) is 10.7. The molecule has 1 aliphatic heterocycles. The molecule has 0 saturated carbocycles. The van der Waals surface area contributed by atoms with E-state index in [1.807, 2.05) is 0 Å². The summed E-state index contributed by atoms with van der Waals surface area (Å²) in [5.41, 5.74) is -5.67. The van der Waals surface area contributed by atoms with Crippen LogP contribution in [0.3, 0.4) is 0 Å². The highest BCUT2D eigenvalue weighted by Gasteiger charge is 2.73. The molecule has 2 unspecified atom stereocenters. The van der Waals surface area contributed by atoms with Gasteiger partial charge in [-0.3, -0.25) is 9.69 Å². The summed E-state index contributed by atoms with van der Waals surface area (Å²) in [6.45, 7) is 12.4. The summed E-state index contributed by atoms with van der Waals surface area (Å²) in [5.74, 6) is -4.26. The lowest BCUT2D eigenvalue weighted by atomic mass is 9.80. The van der Waals surface area contributed by atoms with E-state index in [1.165, 1.54) is 12.2 Å². The van der Waals surface area contributed by atoms with Gasteiger partial charge < -0.3 is 19.3 Å². The number of ether oxygens (including phenoxy) is 3. The zero-order valence-corrected chi connectivity index (χ0v) is 19.9. The zero-order chi connectivity index (χ0) is 25.7. The fourth-order valence-electron chi connectivity index (χ4n) is 3.87. The zero-order valence-electron chi connectivity index (χ0n) is 19.9. The Morgan fingerprint density at radius 1 is 1.09 bits per heavy atom. The molecule has 0 aromatic heterocycles. The van der Waals surface area contributed by atoms with Gasteiger partial charge in [-0.2, -0.15) is 0 Å². The van der Waals surface area contributed by atoms with Gasteiger partial charge in [-0.25, -0.2) is 14.4 Å². The standard InChI is InChI=1S/C25H31NO8/c1-7-14-32-21(29)25(22(30)33-15-8-2)24(6,31)16-18(27)26(25)19(17-12-10-9-11-13-17)20(28)34-23(3,4)5/h7-13,19,31H,1-2,14-16H2,3-6H3. The normalized spacial score (nSPS) is 20.3. The van der Waals surface area contributed by atoms with Crippen LogP contribution in [0.5, 0.6) is 0 Å². The summed E-state index contributed by atoms with van der Waals surface area (Å²) in [4.78, 5) is 54.4. The van der Waals surface area contributed by atoms with Crippen LogP contribution in [0.4, 0.5) is 0 Å². The van der Waals surface area contributed by atoms with Crippen molar-refractivity contribution in [3.8, 4) is 0 Å². The minimum absolute atomic E-state index is 0.264. The highest BCUT2D eigenvalue weighted by Crippen LogP contribution is 2.47. The molecule has 0 bridgehead atoms. The Hall–Kier alpha value is -3.46. The maximum Gasteiger partial charge on any atom is 0.347 e. The molecule has 1 aromatic rings. The highest BCUT2D eigenvalue weighted by atomic mass is 16.6. The smallest absolute Gasteiger partial charge is 0.347 e. The third-order valence-electron chi connectivity index (χ3n) is 5.16. The molecule has 1 fully saturated rings. The topological polar surface area (TPSA) is 119 Å². The summed E-state index contributed by atoms with van der Waals surface area (Å²) in [6.07, 6.45) is 1.88. The third kappa shape index (κ3) is 5.04. The second-order valence-corrected chi connectivity index (χ2v) is 9.05. The van der Waals surface area contributed by atoms with Gasteiger partial charge in [-0.1, -0.05) is 55.6 Å². The van der Waals surface area contributed by atoms with Crippen LogP contribution in [-0.2, 0) is 33.4 Å². The van der Waals surface area contributed by atoms with Gasteiger partial charge in [0.05, 0.1) is 6.42 Å². The van der Waals surface area contributed by atoms with E-state index in [4.69, 9.17) is 14.2 Å². The quantitative estimate of drug-likeness (QED) is 0.251. The SMILES string of the molecule is C=CCOC(=O)C1(C(=O)OCC=C)N(C(C(=O)OC(C)(C)C)c2ccccc2)C(=O)CC1(C)O. The van der Waals surface area contributed by atoms with Crippen LogP contribution in [0, 0.1) is 0 Å². The number of hydrogen-bond donors (Lipinski definition) is 1. The van der Waals surface area contributed by atoms with Gasteiger partial charge in [0, 0.05) is 0 Å². The van der Waals surface area contributed by atoms with Crippen molar-refractivity contribution in [1.29, 1.82) is 0 Å². The second-order valence-electron chi connectivity index (χ2n) is 9.05. The molecule has 9 nitrogen and oxygen atoms in total. The number of likely N-dealkylation sites (tertiary alicyclic amines) is 1. The Morgan fingerprint density at radius 3 is 2.03 bits per heavy atom. The van der Waals surface area contributed by atoms with Crippen molar-refractivity contribution in [2.75, 3.05) is 13.2 Å². The van der Waals surface area contributed by atoms with Crippen LogP contribution >= 0.6 is 0 Å². The Kier molecular flexibility index (Phi) is 8.05. The molecule has 0 aliphatic carbocycles. The maximum absolute atomic E-state index is 13.4. The third-order valence-corrected chi connectivity index (χ3v) is 5.16. The van der Waals surface area contributed by atoms with E-state index >= 15 is 0 Å². The molecule has 0 spiro atoms. The van der Waals surface area contributed by atoms with E-state index in [9.17, 15) is 24.3 Å². The lowest BCUT2D eigenvalue weighted by molar-refractivity contribution is -0.193. The van der Waals surface area contributed by atoms with Crippen LogP contribution in [0.2, 0.25) is 0 Å². The van der Waals surface area contributed by atoms with Crippen molar-refractivity contribution in [2.24, 2.45) is 0 Å². The first kappa shape index (κ1) is 26.8. The molecule has 1 saturated heterocycles. The summed E-state index contributed by atoms with van der Waals surface area (Å²) in [6, 6.07) is 6.47. The van der Waals surface area contributed by atoms with E-state index in [-0.39, 0.29) is 18.8 Å². The first-order chi connectivity index (χ1) is 15.8. The number of amides is 1. The summed E-state index contributed by atoms with van der Waals surface area (Å²) in [7, 11) is 0. The second kappa shape index (κ2) is 10.2. The molecule has 2 atom stereocenters. The van der Waals surface area contributed by atoms with Gasteiger partial charge in [-0.05, 0) is 33.3 Å². The van der Waals surface area contributed by atoms with Crippen molar-refractivity contribution in [2.45, 2.75) is 56.9 Å². The van der Waals surface area contributed by atoms with E-state index in [1.54, 1.807) is 51.1 Å². The Bertz CT molecular complexity index is 937. The Morgan fingerprint density at radius 2 is 1.59 bits per heavy atom. The van der Waals surface area contributed by atoms with Gasteiger partial charge in [-0.15, -0.1) is 0 Å². The number of rotatable bonds is 9. The van der Waals surface area contributed by atoms with E-state index in [0.29, 0.717) is 0 Å². The fraction of sp³-hybridized carbons (Fsp3) is 0.440. The predicted molar refractivity (Wildman–Crippen MR) is 122 cm³/mol. The largest absolute Gasteiger partial charge is 0.459 e. The molecule has 34 heavy (non-hydrogen) atoms. The molecule has 2 rings (SSSR count). The first-order valence-electron chi connectivity index (χ1n) is 10.7. The molecule has 1 N–H and O–H groups in total. The van der Waals surface area contributed by atoms with Crippen molar-refractivity contribution >= 4 is 23.8 Å². The number of esters is 3. The van der Waals surface area contributed by atoms with Gasteiger partial charge in [0.2, 0.25) is 5.91 Å². The lowest BCUT2D eigenvalue weighted by Gasteiger charge is -2.43. The number of aliphatic hydroxyl groups is 1. The molecule has 9 heteroatoms. The van der Waals surface area contributed by atoms with Crippen LogP contribution in [0.25, 0.3) is 0 Å². The van der Waals surface area contributed by atoms with E-state index in [2.05, 4.69) is 13.2 Å². The Labute approximate surface area is 199 Å². The lowest BCUT2D eigenvalue weighted by Crippen LogP contribution is -2.69. The van der Waals surface area contributed by atoms with Crippen molar-refractivity contribution in [1.82, 2.24) is 4.90 Å². The number of carbonyl (C=O) groups excluding carboxylic acids is 4. The maximum atomic E-state index is 13.4. The van der Waals surface area contributed by atoms with Crippen LogP contribution in [-0.4, -0.2) is 63.8 Å². The van der Waals surface area contributed by atoms with Crippen LogP contribution < -0.4 is 0 Å². The number of benzene rings is 1. The summed E-state index contributed by atoms with van der Waals surface area (Å²) >= 11 is 0. The van der Waals surface area contributed by atoms with Gasteiger partial charge in [0.15, 0.2) is 6.04 Å². The molecule has 1 aromatic carbocycles. The molecule has 1 aliphatic rings. The number of carbonyl (C=O) groups is 4. The van der Waals surface area contributed by atoms with Crippen LogP contribution in [0.1, 0.15) is 45.7 Å². The van der Waals surface area contributed by atoms with Crippen molar-refractivity contribution in [3.05, 3.63) is 61.2 Å². The molecule has 184 valence electrons. The predicted octanol–water partition coefficient (Wildman–Crippen LogP) is 2.25. The van der Waals surface area contributed by atoms with Gasteiger partial charge in [0.1, 0.15) is 24.4 Å². The fourth-order valence-corrected chi connectivity index (χ4v) is 3.87. The monoisotopic (exact) mass is 473 g/mol. The van der Waals surface area contributed by atoms with E-state index in [0.717, 1.165) is 11.8 Å². The number of hydrogen-bond acceptors (Lipinski definition) is 8. The Balaban J connectivity index is 2.82. The summed E-state index contributed by atoms with van der Waals surface area (Å²) in [5, 5.41) is 11.3. The van der Waals surface area contributed by atoms with Crippen LogP contribution in [0.15, 0.2) is 55.6 Å². The van der Waals surface area contributed by atoms with Crippen molar-refractivity contribution in [3.63, 3.8) is 0 Å². The van der Waals surface area contributed by atoms with Gasteiger partial charge >= 0.3 is 17.9 Å². The molecule has 1 heterocycles. The molecular formula is C25H31NO8. The van der Waals surface area contributed by atoms with E-state index < -0.39 is 53.0 Å². The average Bonchev–Trinajstić information content (AvgIpc) is 2.95. The minimum Gasteiger partial charge on any atom is -0.459 e. The molecular weight excluding hydrogens is 442 g/mol. The van der Waals surface area contributed by atoms with Crippen molar-refractivity contribution < 1.29 is 38.5 Å². The molecule has 0 radical (unpaired) electrons. The van der Waals surface area contributed by atoms with Gasteiger partial charge in [0.25, 0.3) is 5.54 Å². The highest BCUT2D eigenvalue weighted by molar-refractivity contribution is 6.13. The number of nitrogens with zero attached hydrogens (tertiary/aromatic N) is 1.